The van der Waals surface area contributed by atoms with E-state index < -0.39 is 0 Å². The lowest BCUT2D eigenvalue weighted by atomic mass is 10.1. The number of amides is 2. The molecule has 1 rings (SSSR count). The maximum Gasteiger partial charge on any atom is 0.321 e. The van der Waals surface area contributed by atoms with Crippen molar-refractivity contribution in [1.29, 1.82) is 0 Å². The molecule has 1 unspecified atom stereocenters. The Morgan fingerprint density at radius 2 is 2.06 bits per heavy atom. The Balaban J connectivity index is 2.67. The lowest BCUT2D eigenvalue weighted by Crippen LogP contribution is -2.34. The lowest BCUT2D eigenvalue weighted by molar-refractivity contribution is 0.217. The third-order valence-electron chi connectivity index (χ3n) is 2.65. The van der Waals surface area contributed by atoms with Crippen molar-refractivity contribution < 1.29 is 4.79 Å². The second-order valence-corrected chi connectivity index (χ2v) is 5.12. The summed E-state index contributed by atoms with van der Waals surface area (Å²) < 4.78 is 0. The number of hydrogen-bond acceptors (Lipinski definition) is 2. The van der Waals surface area contributed by atoms with E-state index in [0.717, 1.165) is 17.8 Å². The van der Waals surface area contributed by atoms with Gasteiger partial charge in [0.1, 0.15) is 0 Å². The van der Waals surface area contributed by atoms with Crippen molar-refractivity contribution in [3.63, 3.8) is 0 Å². The van der Waals surface area contributed by atoms with E-state index in [2.05, 4.69) is 19.2 Å². The molecule has 0 aromatic heterocycles. The van der Waals surface area contributed by atoms with Gasteiger partial charge in [-0.25, -0.2) is 4.79 Å². The quantitative estimate of drug-likeness (QED) is 0.862. The van der Waals surface area contributed by atoms with Gasteiger partial charge < -0.3 is 16.0 Å². The van der Waals surface area contributed by atoms with Crippen LogP contribution in [0.3, 0.4) is 0 Å². The van der Waals surface area contributed by atoms with E-state index in [0.29, 0.717) is 5.92 Å². The molecule has 0 saturated carbocycles. The number of nitrogens with zero attached hydrogens (tertiary/aromatic N) is 1. The van der Waals surface area contributed by atoms with Gasteiger partial charge >= 0.3 is 6.03 Å². The van der Waals surface area contributed by atoms with E-state index in [1.165, 1.54) is 0 Å². The fraction of sp³-hybridized carbons (Fsp3) is 0.500. The molecule has 0 radical (unpaired) electrons. The van der Waals surface area contributed by atoms with Crippen LogP contribution in [-0.4, -0.2) is 24.5 Å². The van der Waals surface area contributed by atoms with Gasteiger partial charge in [-0.3, -0.25) is 0 Å². The van der Waals surface area contributed by atoms with E-state index in [9.17, 15) is 4.79 Å². The number of benzene rings is 1. The molecular weight excluding hydrogens is 226 g/mol. The van der Waals surface area contributed by atoms with Crippen LogP contribution in [0.1, 0.15) is 32.4 Å². The summed E-state index contributed by atoms with van der Waals surface area (Å²) in [4.78, 5) is 13.6. The molecule has 100 valence electrons. The highest BCUT2D eigenvalue weighted by Gasteiger charge is 2.10. The molecule has 0 aliphatic rings. The molecule has 0 saturated heterocycles. The van der Waals surface area contributed by atoms with Crippen LogP contribution in [-0.2, 0) is 0 Å². The number of urea groups is 1. The van der Waals surface area contributed by atoms with Crippen molar-refractivity contribution in [3.05, 3.63) is 29.8 Å². The number of nitrogens with one attached hydrogen (secondary N) is 1. The average Bonchev–Trinajstić information content (AvgIpc) is 2.28. The zero-order valence-corrected chi connectivity index (χ0v) is 11.6. The number of rotatable bonds is 4. The first-order valence-corrected chi connectivity index (χ1v) is 6.27. The monoisotopic (exact) mass is 249 g/mol. The van der Waals surface area contributed by atoms with Crippen LogP contribution in [0.5, 0.6) is 0 Å². The van der Waals surface area contributed by atoms with Crippen molar-refractivity contribution >= 4 is 11.7 Å². The van der Waals surface area contributed by atoms with Gasteiger partial charge in [0.05, 0.1) is 0 Å². The van der Waals surface area contributed by atoms with Gasteiger partial charge in [-0.2, -0.15) is 0 Å². The molecule has 3 N–H and O–H groups in total. The molecule has 0 bridgehead atoms. The standard InChI is InChI=1S/C14H23N3O/c1-10(2)9-17(4)14(18)16-13-7-5-6-12(8-13)11(3)15/h5-8,10-11H,9,15H2,1-4H3,(H,16,18). The van der Waals surface area contributed by atoms with Crippen LogP contribution >= 0.6 is 0 Å². The SMILES string of the molecule is CC(C)CN(C)C(=O)Nc1cccc(C(C)N)c1. The Hall–Kier alpha value is -1.55. The number of hydrogen-bond donors (Lipinski definition) is 2. The normalized spacial score (nSPS) is 12.3. The molecule has 1 aromatic carbocycles. The Morgan fingerprint density at radius 1 is 1.39 bits per heavy atom. The summed E-state index contributed by atoms with van der Waals surface area (Å²) in [5, 5.41) is 2.87. The third-order valence-corrected chi connectivity index (χ3v) is 2.65. The highest BCUT2D eigenvalue weighted by Crippen LogP contribution is 2.16. The van der Waals surface area contributed by atoms with Gasteiger partial charge in [0.25, 0.3) is 0 Å². The molecule has 18 heavy (non-hydrogen) atoms. The Morgan fingerprint density at radius 3 is 2.61 bits per heavy atom. The van der Waals surface area contributed by atoms with E-state index >= 15 is 0 Å². The predicted octanol–water partition coefficient (Wildman–Crippen LogP) is 2.83. The van der Waals surface area contributed by atoms with Crippen molar-refractivity contribution in [2.45, 2.75) is 26.8 Å². The summed E-state index contributed by atoms with van der Waals surface area (Å²) in [5.74, 6) is 0.455. The van der Waals surface area contributed by atoms with Crippen molar-refractivity contribution in [3.8, 4) is 0 Å². The molecule has 0 fully saturated rings. The van der Waals surface area contributed by atoms with Crippen molar-refractivity contribution in [2.75, 3.05) is 18.9 Å². The van der Waals surface area contributed by atoms with Gasteiger partial charge in [0.2, 0.25) is 0 Å². The number of carbonyl (C=O) groups is 1. The first-order chi connectivity index (χ1) is 8.40. The summed E-state index contributed by atoms with van der Waals surface area (Å²) in [5.41, 5.74) is 7.61. The maximum atomic E-state index is 11.9. The topological polar surface area (TPSA) is 58.4 Å². The summed E-state index contributed by atoms with van der Waals surface area (Å²) in [6, 6.07) is 7.51. The molecular formula is C14H23N3O. The Kier molecular flexibility index (Phi) is 5.16. The average molecular weight is 249 g/mol. The van der Waals surface area contributed by atoms with Crippen molar-refractivity contribution in [2.24, 2.45) is 11.7 Å². The predicted molar refractivity (Wildman–Crippen MR) is 75.5 cm³/mol. The number of nitrogens with two attached hydrogens (primary N) is 1. The fourth-order valence-corrected chi connectivity index (χ4v) is 1.75. The van der Waals surface area contributed by atoms with Crippen LogP contribution < -0.4 is 11.1 Å². The molecule has 0 aliphatic heterocycles. The molecule has 4 nitrogen and oxygen atoms in total. The van der Waals surface area contributed by atoms with Crippen LogP contribution in [0, 0.1) is 5.92 Å². The number of anilines is 1. The zero-order chi connectivity index (χ0) is 13.7. The maximum absolute atomic E-state index is 11.9. The summed E-state index contributed by atoms with van der Waals surface area (Å²) >= 11 is 0. The lowest BCUT2D eigenvalue weighted by Gasteiger charge is -2.20. The number of carbonyl (C=O) groups excluding carboxylic acids is 1. The Bertz CT molecular complexity index is 402. The zero-order valence-electron chi connectivity index (χ0n) is 11.6. The first kappa shape index (κ1) is 14.5. The minimum atomic E-state index is -0.0921. The fourth-order valence-electron chi connectivity index (χ4n) is 1.75. The smallest absolute Gasteiger partial charge is 0.321 e. The summed E-state index contributed by atoms with van der Waals surface area (Å²) in [6.45, 7) is 6.83. The third kappa shape index (κ3) is 4.37. The second kappa shape index (κ2) is 6.40. The minimum Gasteiger partial charge on any atom is -0.327 e. The summed E-state index contributed by atoms with van der Waals surface area (Å²) in [7, 11) is 1.80. The minimum absolute atomic E-state index is 0.0322. The van der Waals surface area contributed by atoms with Crippen LogP contribution in [0.4, 0.5) is 10.5 Å². The first-order valence-electron chi connectivity index (χ1n) is 6.27. The van der Waals surface area contributed by atoms with Crippen LogP contribution in [0.25, 0.3) is 0 Å². The van der Waals surface area contributed by atoms with E-state index in [4.69, 9.17) is 5.73 Å². The molecule has 2 amide bonds. The van der Waals surface area contributed by atoms with E-state index in [-0.39, 0.29) is 12.1 Å². The molecule has 1 atom stereocenters. The second-order valence-electron chi connectivity index (χ2n) is 5.12. The Labute approximate surface area is 109 Å². The molecule has 1 aromatic rings. The highest BCUT2D eigenvalue weighted by molar-refractivity contribution is 5.89. The van der Waals surface area contributed by atoms with Gasteiger partial charge in [-0.15, -0.1) is 0 Å². The molecule has 0 spiro atoms. The van der Waals surface area contributed by atoms with Crippen molar-refractivity contribution in [1.82, 2.24) is 4.90 Å². The van der Waals surface area contributed by atoms with Gasteiger partial charge in [0.15, 0.2) is 0 Å². The van der Waals surface area contributed by atoms with Crippen LogP contribution in [0.2, 0.25) is 0 Å². The summed E-state index contributed by atoms with van der Waals surface area (Å²) in [6.07, 6.45) is 0. The largest absolute Gasteiger partial charge is 0.327 e. The van der Waals surface area contributed by atoms with Crippen LogP contribution in [0.15, 0.2) is 24.3 Å². The molecule has 0 heterocycles. The van der Waals surface area contributed by atoms with Gasteiger partial charge in [-0.1, -0.05) is 26.0 Å². The van der Waals surface area contributed by atoms with Gasteiger partial charge in [0, 0.05) is 25.3 Å². The van der Waals surface area contributed by atoms with Gasteiger partial charge in [-0.05, 0) is 30.5 Å². The molecule has 0 aliphatic carbocycles. The van der Waals surface area contributed by atoms with E-state index in [1.807, 2.05) is 31.2 Å². The van der Waals surface area contributed by atoms with E-state index in [1.54, 1.807) is 11.9 Å². The highest BCUT2D eigenvalue weighted by atomic mass is 16.2. The molecule has 4 heteroatoms.